The molecule has 0 aliphatic heterocycles. The minimum Gasteiger partial charge on any atom is -0.373 e. The molecule has 3 rings (SSSR count). The zero-order valence-electron chi connectivity index (χ0n) is 13.0. The Morgan fingerprint density at radius 1 is 0.955 bits per heavy atom. The van der Waals surface area contributed by atoms with Gasteiger partial charge in [0.1, 0.15) is 11.6 Å². The molecule has 22 heavy (non-hydrogen) atoms. The van der Waals surface area contributed by atoms with Crippen LogP contribution in [0.2, 0.25) is 0 Å². The molecule has 0 saturated heterocycles. The maximum atomic E-state index is 4.76. The first-order valence-electron chi connectivity index (χ1n) is 7.47. The van der Waals surface area contributed by atoms with E-state index in [-0.39, 0.29) is 0 Å². The van der Waals surface area contributed by atoms with Gasteiger partial charge in [-0.25, -0.2) is 9.97 Å². The smallest absolute Gasteiger partial charge is 0.125 e. The lowest BCUT2D eigenvalue weighted by Gasteiger charge is -2.04. The maximum Gasteiger partial charge on any atom is 0.125 e. The molecule has 0 aliphatic carbocycles. The monoisotopic (exact) mass is 292 g/mol. The van der Waals surface area contributed by atoms with Crippen LogP contribution < -0.4 is 5.32 Å². The summed E-state index contributed by atoms with van der Waals surface area (Å²) in [6.45, 7) is 0. The van der Waals surface area contributed by atoms with Gasteiger partial charge in [-0.05, 0) is 18.6 Å². The quantitative estimate of drug-likeness (QED) is 0.784. The Bertz CT molecular complexity index is 747. The van der Waals surface area contributed by atoms with E-state index < -0.39 is 0 Å². The van der Waals surface area contributed by atoms with E-state index >= 15 is 0 Å². The van der Waals surface area contributed by atoms with E-state index in [1.165, 1.54) is 0 Å². The van der Waals surface area contributed by atoms with E-state index in [4.69, 9.17) is 4.98 Å². The minimum absolute atomic E-state index is 0.878. The maximum absolute atomic E-state index is 4.76. The van der Waals surface area contributed by atoms with Crippen molar-refractivity contribution in [2.75, 3.05) is 12.4 Å². The Morgan fingerprint density at radius 3 is 2.55 bits per heavy atom. The van der Waals surface area contributed by atoms with Crippen LogP contribution in [0.15, 0.2) is 54.7 Å². The van der Waals surface area contributed by atoms with E-state index in [1.807, 2.05) is 44.4 Å². The van der Waals surface area contributed by atoms with Crippen LogP contribution in [-0.2, 0) is 19.9 Å². The van der Waals surface area contributed by atoms with Crippen LogP contribution >= 0.6 is 0 Å². The van der Waals surface area contributed by atoms with Crippen molar-refractivity contribution in [3.63, 3.8) is 0 Å². The molecule has 2 heterocycles. The molecule has 0 spiro atoms. The van der Waals surface area contributed by atoms with Gasteiger partial charge in [0, 0.05) is 38.0 Å². The fourth-order valence-corrected chi connectivity index (χ4v) is 2.48. The number of hydrogen-bond acceptors (Lipinski definition) is 3. The molecule has 112 valence electrons. The molecule has 3 aromatic rings. The lowest BCUT2D eigenvalue weighted by molar-refractivity contribution is 0.762. The second-order valence-corrected chi connectivity index (χ2v) is 5.28. The summed E-state index contributed by atoms with van der Waals surface area (Å²) in [6, 6.07) is 16.3. The van der Waals surface area contributed by atoms with Crippen molar-refractivity contribution in [2.45, 2.75) is 12.8 Å². The zero-order valence-corrected chi connectivity index (χ0v) is 13.0. The molecule has 4 nitrogen and oxygen atoms in total. The third-order valence-electron chi connectivity index (χ3n) is 3.71. The Hall–Kier alpha value is -2.62. The summed E-state index contributed by atoms with van der Waals surface area (Å²) in [4.78, 5) is 9.31. The van der Waals surface area contributed by atoms with E-state index in [0.29, 0.717) is 0 Å². The number of hydrogen-bond donors (Lipinski definition) is 1. The summed E-state index contributed by atoms with van der Waals surface area (Å²) in [6.07, 6.45) is 3.85. The number of aryl methyl sites for hydroxylation is 3. The van der Waals surface area contributed by atoms with E-state index in [2.05, 4.69) is 39.3 Å². The van der Waals surface area contributed by atoms with Crippen LogP contribution in [0, 0.1) is 0 Å². The van der Waals surface area contributed by atoms with Crippen LogP contribution in [0.25, 0.3) is 11.3 Å². The molecular formula is C18H20N4. The van der Waals surface area contributed by atoms with Gasteiger partial charge in [0.25, 0.3) is 0 Å². The van der Waals surface area contributed by atoms with Gasteiger partial charge in [0.2, 0.25) is 0 Å². The number of nitrogens with zero attached hydrogens (tertiary/aromatic N) is 3. The van der Waals surface area contributed by atoms with E-state index in [1.54, 1.807) is 0 Å². The number of anilines is 1. The number of benzene rings is 1. The molecule has 1 N–H and O–H groups in total. The molecule has 1 aromatic carbocycles. The zero-order chi connectivity index (χ0) is 15.4. The van der Waals surface area contributed by atoms with Crippen molar-refractivity contribution in [1.82, 2.24) is 14.5 Å². The third-order valence-corrected chi connectivity index (χ3v) is 3.71. The van der Waals surface area contributed by atoms with Gasteiger partial charge in [-0.3, -0.25) is 0 Å². The average molecular weight is 292 g/mol. The number of imidazole rings is 1. The molecule has 0 atom stereocenters. The molecule has 0 amide bonds. The SMILES string of the molecule is CNc1cccc(CCc2nc(-c3ccccc3)cn2C)n1. The number of rotatable bonds is 5. The fourth-order valence-electron chi connectivity index (χ4n) is 2.48. The first kappa shape index (κ1) is 14.3. The van der Waals surface area contributed by atoms with Gasteiger partial charge in [-0.2, -0.15) is 0 Å². The molecule has 0 aliphatic rings. The Balaban J connectivity index is 1.74. The number of aromatic nitrogens is 3. The topological polar surface area (TPSA) is 42.7 Å². The van der Waals surface area contributed by atoms with Crippen molar-refractivity contribution >= 4 is 5.82 Å². The normalized spacial score (nSPS) is 10.6. The molecule has 0 fully saturated rings. The molecule has 0 saturated carbocycles. The second-order valence-electron chi connectivity index (χ2n) is 5.28. The largest absolute Gasteiger partial charge is 0.373 e. The summed E-state index contributed by atoms with van der Waals surface area (Å²) in [5, 5.41) is 3.07. The van der Waals surface area contributed by atoms with Gasteiger partial charge in [0.05, 0.1) is 5.69 Å². The summed E-state index contributed by atoms with van der Waals surface area (Å²) in [7, 11) is 3.93. The van der Waals surface area contributed by atoms with E-state index in [9.17, 15) is 0 Å². The first-order valence-corrected chi connectivity index (χ1v) is 7.47. The molecular weight excluding hydrogens is 272 g/mol. The van der Waals surface area contributed by atoms with Crippen LogP contribution in [0.5, 0.6) is 0 Å². The predicted molar refractivity (Wildman–Crippen MR) is 89.8 cm³/mol. The highest BCUT2D eigenvalue weighted by molar-refractivity contribution is 5.58. The van der Waals surface area contributed by atoms with Crippen LogP contribution in [0.3, 0.4) is 0 Å². The third kappa shape index (κ3) is 3.17. The summed E-state index contributed by atoms with van der Waals surface area (Å²) in [5.74, 6) is 1.98. The van der Waals surface area contributed by atoms with Gasteiger partial charge < -0.3 is 9.88 Å². The van der Waals surface area contributed by atoms with Crippen molar-refractivity contribution in [2.24, 2.45) is 7.05 Å². The fraction of sp³-hybridized carbons (Fsp3) is 0.222. The minimum atomic E-state index is 0.878. The molecule has 0 unspecified atom stereocenters. The molecule has 0 bridgehead atoms. The van der Waals surface area contributed by atoms with Gasteiger partial charge >= 0.3 is 0 Å². The van der Waals surface area contributed by atoms with Crippen molar-refractivity contribution in [1.29, 1.82) is 0 Å². The molecule has 2 aromatic heterocycles. The number of nitrogens with one attached hydrogen (secondary N) is 1. The Morgan fingerprint density at radius 2 is 1.77 bits per heavy atom. The van der Waals surface area contributed by atoms with Crippen LogP contribution in [0.4, 0.5) is 5.82 Å². The predicted octanol–water partition coefficient (Wildman–Crippen LogP) is 3.31. The Kier molecular flexibility index (Phi) is 4.19. The lowest BCUT2D eigenvalue weighted by Crippen LogP contribution is -2.02. The van der Waals surface area contributed by atoms with Crippen LogP contribution in [-0.4, -0.2) is 21.6 Å². The Labute approximate surface area is 130 Å². The lowest BCUT2D eigenvalue weighted by atomic mass is 10.2. The summed E-state index contributed by atoms with van der Waals surface area (Å²) in [5.41, 5.74) is 3.26. The summed E-state index contributed by atoms with van der Waals surface area (Å²) < 4.78 is 2.10. The van der Waals surface area contributed by atoms with Crippen molar-refractivity contribution in [3.8, 4) is 11.3 Å². The first-order chi connectivity index (χ1) is 10.8. The van der Waals surface area contributed by atoms with Gasteiger partial charge in [-0.15, -0.1) is 0 Å². The highest BCUT2D eigenvalue weighted by Crippen LogP contribution is 2.18. The molecule has 0 radical (unpaired) electrons. The van der Waals surface area contributed by atoms with E-state index in [0.717, 1.165) is 41.4 Å². The van der Waals surface area contributed by atoms with Crippen molar-refractivity contribution < 1.29 is 0 Å². The number of pyridine rings is 1. The van der Waals surface area contributed by atoms with Crippen LogP contribution in [0.1, 0.15) is 11.5 Å². The average Bonchev–Trinajstić information content (AvgIpc) is 2.95. The van der Waals surface area contributed by atoms with Gasteiger partial charge in [-0.1, -0.05) is 36.4 Å². The standard InChI is InChI=1S/C18H20N4/c1-19-17-10-6-9-15(20-17)11-12-18-21-16(13-22(18)2)14-7-4-3-5-8-14/h3-10,13H,11-12H2,1-2H3,(H,19,20). The van der Waals surface area contributed by atoms with Gasteiger partial charge in [0.15, 0.2) is 0 Å². The molecule has 4 heteroatoms. The summed E-state index contributed by atoms with van der Waals surface area (Å²) >= 11 is 0. The highest BCUT2D eigenvalue weighted by atomic mass is 15.0. The van der Waals surface area contributed by atoms with Crippen molar-refractivity contribution in [3.05, 3.63) is 66.2 Å². The second kappa shape index (κ2) is 6.43. The highest BCUT2D eigenvalue weighted by Gasteiger charge is 2.08.